The summed E-state index contributed by atoms with van der Waals surface area (Å²) < 4.78 is 0. The predicted molar refractivity (Wildman–Crippen MR) is 101 cm³/mol. The van der Waals surface area contributed by atoms with E-state index in [-0.39, 0.29) is 11.9 Å². The van der Waals surface area contributed by atoms with Crippen LogP contribution in [-0.4, -0.2) is 36.6 Å². The van der Waals surface area contributed by atoms with Crippen LogP contribution in [0.2, 0.25) is 0 Å². The molecule has 5 heteroatoms. The molecule has 2 N–H and O–H groups in total. The Hall–Kier alpha value is -2.40. The van der Waals surface area contributed by atoms with E-state index in [0.29, 0.717) is 6.67 Å². The van der Waals surface area contributed by atoms with Crippen molar-refractivity contribution in [2.75, 3.05) is 19.8 Å². The Kier molecular flexibility index (Phi) is 4.19. The van der Waals surface area contributed by atoms with Crippen molar-refractivity contribution in [2.24, 2.45) is 5.92 Å². The molecule has 0 aromatic heterocycles. The molecule has 2 aliphatic rings. The zero-order valence-corrected chi connectivity index (χ0v) is 15.4. The summed E-state index contributed by atoms with van der Waals surface area (Å²) in [4.78, 5) is 28.4. The minimum atomic E-state index is -0.996. The molecular weight excluding hydrogens is 326 g/mol. The van der Waals surface area contributed by atoms with Crippen LogP contribution in [0.3, 0.4) is 0 Å². The van der Waals surface area contributed by atoms with Crippen molar-refractivity contribution in [3.05, 3.63) is 48.0 Å². The van der Waals surface area contributed by atoms with E-state index in [4.69, 9.17) is 0 Å². The summed E-state index contributed by atoms with van der Waals surface area (Å²) in [6.07, 6.45) is 2.31. The number of urea groups is 1. The van der Waals surface area contributed by atoms with Crippen LogP contribution < -0.4 is 10.2 Å². The first-order chi connectivity index (χ1) is 12.5. The van der Waals surface area contributed by atoms with Crippen LogP contribution in [0.15, 0.2) is 42.5 Å². The number of fused-ring (bicyclic) bond motifs is 1. The van der Waals surface area contributed by atoms with Gasteiger partial charge in [-0.1, -0.05) is 43.3 Å². The number of quaternary nitrogens is 1. The molecule has 136 valence electrons. The minimum absolute atomic E-state index is 0.149. The molecule has 2 fully saturated rings. The second-order valence-electron chi connectivity index (χ2n) is 7.94. The van der Waals surface area contributed by atoms with Crippen LogP contribution in [0.25, 0.3) is 10.8 Å². The average molecular weight is 352 g/mol. The lowest BCUT2D eigenvalue weighted by Crippen LogP contribution is -3.14. The van der Waals surface area contributed by atoms with Gasteiger partial charge in [-0.3, -0.25) is 4.79 Å². The van der Waals surface area contributed by atoms with Crippen molar-refractivity contribution in [3.8, 4) is 0 Å². The van der Waals surface area contributed by atoms with Gasteiger partial charge >= 0.3 is 6.03 Å². The quantitative estimate of drug-likeness (QED) is 0.829. The van der Waals surface area contributed by atoms with Gasteiger partial charge in [0, 0.05) is 0 Å². The Morgan fingerprint density at radius 3 is 2.54 bits per heavy atom. The van der Waals surface area contributed by atoms with Gasteiger partial charge in [-0.2, -0.15) is 0 Å². The zero-order valence-electron chi connectivity index (χ0n) is 15.4. The van der Waals surface area contributed by atoms with Crippen LogP contribution in [0, 0.1) is 5.92 Å². The van der Waals surface area contributed by atoms with Gasteiger partial charge < -0.3 is 10.2 Å². The van der Waals surface area contributed by atoms with E-state index in [9.17, 15) is 9.59 Å². The SMILES string of the molecule is CC1CC[NH+](CN2C(=O)N[C@@](C)(c3ccc4ccccc4c3)C2=O)CC1. The number of piperidine rings is 1. The summed E-state index contributed by atoms with van der Waals surface area (Å²) >= 11 is 0. The molecule has 0 spiro atoms. The normalized spacial score (nSPS) is 29.2. The van der Waals surface area contributed by atoms with Crippen LogP contribution in [0.1, 0.15) is 32.3 Å². The summed E-state index contributed by atoms with van der Waals surface area (Å²) in [7, 11) is 0. The molecule has 2 saturated heterocycles. The molecule has 2 aromatic carbocycles. The summed E-state index contributed by atoms with van der Waals surface area (Å²) in [6, 6.07) is 13.7. The monoisotopic (exact) mass is 352 g/mol. The molecule has 2 aliphatic heterocycles. The highest BCUT2D eigenvalue weighted by molar-refractivity contribution is 6.07. The summed E-state index contributed by atoms with van der Waals surface area (Å²) in [6.45, 7) is 6.57. The first kappa shape index (κ1) is 17.0. The van der Waals surface area contributed by atoms with Crippen molar-refractivity contribution in [2.45, 2.75) is 32.2 Å². The molecule has 2 heterocycles. The molecule has 0 unspecified atom stereocenters. The maximum Gasteiger partial charge on any atom is 0.329 e. The lowest BCUT2D eigenvalue weighted by atomic mass is 9.90. The number of carbonyl (C=O) groups excluding carboxylic acids is 2. The van der Waals surface area contributed by atoms with Crippen molar-refractivity contribution in [3.63, 3.8) is 0 Å². The average Bonchev–Trinajstić information content (AvgIpc) is 2.87. The van der Waals surface area contributed by atoms with E-state index in [0.717, 1.165) is 48.2 Å². The van der Waals surface area contributed by atoms with Crippen LogP contribution >= 0.6 is 0 Å². The Morgan fingerprint density at radius 1 is 1.12 bits per heavy atom. The Labute approximate surface area is 154 Å². The molecule has 0 aliphatic carbocycles. The lowest BCUT2D eigenvalue weighted by Gasteiger charge is -2.29. The number of carbonyl (C=O) groups is 2. The molecule has 0 bridgehead atoms. The summed E-state index contributed by atoms with van der Waals surface area (Å²) in [5.74, 6) is 0.591. The second-order valence-corrected chi connectivity index (χ2v) is 7.94. The van der Waals surface area contributed by atoms with Gasteiger partial charge in [-0.05, 0) is 48.1 Å². The van der Waals surface area contributed by atoms with Crippen molar-refractivity contribution >= 4 is 22.7 Å². The first-order valence-corrected chi connectivity index (χ1v) is 9.44. The van der Waals surface area contributed by atoms with Crippen LogP contribution in [-0.2, 0) is 10.3 Å². The Morgan fingerprint density at radius 2 is 1.81 bits per heavy atom. The van der Waals surface area contributed by atoms with E-state index in [1.54, 1.807) is 0 Å². The molecular formula is C21H26N3O2+. The number of imide groups is 1. The predicted octanol–water partition coefficient (Wildman–Crippen LogP) is 1.88. The third-order valence-corrected chi connectivity index (χ3v) is 5.96. The second kappa shape index (κ2) is 6.40. The fraction of sp³-hybridized carbons (Fsp3) is 0.429. The molecule has 26 heavy (non-hydrogen) atoms. The van der Waals surface area contributed by atoms with Gasteiger partial charge in [0.15, 0.2) is 6.67 Å². The van der Waals surface area contributed by atoms with E-state index in [1.807, 2.05) is 49.4 Å². The number of hydrogen-bond donors (Lipinski definition) is 2. The molecule has 4 rings (SSSR count). The number of rotatable bonds is 3. The number of nitrogens with one attached hydrogen (secondary N) is 2. The highest BCUT2D eigenvalue weighted by Crippen LogP contribution is 2.30. The van der Waals surface area contributed by atoms with Gasteiger partial charge in [0.05, 0.1) is 13.1 Å². The highest BCUT2D eigenvalue weighted by Gasteiger charge is 2.50. The van der Waals surface area contributed by atoms with Crippen molar-refractivity contribution < 1.29 is 14.5 Å². The number of hydrogen-bond acceptors (Lipinski definition) is 2. The van der Waals surface area contributed by atoms with Gasteiger partial charge in [0.25, 0.3) is 5.91 Å². The summed E-state index contributed by atoms with van der Waals surface area (Å²) in [5, 5.41) is 5.13. The van der Waals surface area contributed by atoms with Gasteiger partial charge in [0.2, 0.25) is 0 Å². The number of benzene rings is 2. The molecule has 1 atom stereocenters. The lowest BCUT2D eigenvalue weighted by molar-refractivity contribution is -0.913. The third-order valence-electron chi connectivity index (χ3n) is 5.96. The van der Waals surface area contributed by atoms with E-state index in [1.165, 1.54) is 9.80 Å². The van der Waals surface area contributed by atoms with Gasteiger partial charge in [-0.15, -0.1) is 0 Å². The van der Waals surface area contributed by atoms with Crippen molar-refractivity contribution in [1.82, 2.24) is 10.2 Å². The van der Waals surface area contributed by atoms with Crippen LogP contribution in [0.5, 0.6) is 0 Å². The minimum Gasteiger partial charge on any atom is -0.319 e. The number of nitrogens with zero attached hydrogens (tertiary/aromatic N) is 1. The maximum absolute atomic E-state index is 13.1. The van der Waals surface area contributed by atoms with Crippen LogP contribution in [0.4, 0.5) is 4.79 Å². The van der Waals surface area contributed by atoms with Crippen molar-refractivity contribution in [1.29, 1.82) is 0 Å². The Balaban J connectivity index is 1.58. The number of likely N-dealkylation sites (tertiary alicyclic amines) is 1. The van der Waals surface area contributed by atoms with E-state index < -0.39 is 5.54 Å². The topological polar surface area (TPSA) is 53.9 Å². The maximum atomic E-state index is 13.1. The number of amides is 3. The largest absolute Gasteiger partial charge is 0.329 e. The molecule has 0 radical (unpaired) electrons. The van der Waals surface area contributed by atoms with E-state index in [2.05, 4.69) is 12.2 Å². The summed E-state index contributed by atoms with van der Waals surface area (Å²) in [5.41, 5.74) is -0.164. The van der Waals surface area contributed by atoms with Gasteiger partial charge in [0.1, 0.15) is 5.54 Å². The third kappa shape index (κ3) is 2.86. The Bertz CT molecular complexity index is 857. The molecule has 3 amide bonds. The smallest absolute Gasteiger partial charge is 0.319 e. The van der Waals surface area contributed by atoms with Gasteiger partial charge in [-0.25, -0.2) is 9.69 Å². The fourth-order valence-electron chi connectivity index (χ4n) is 4.09. The standard InChI is InChI=1S/C21H25N3O2/c1-15-9-11-23(12-10-15)14-24-19(25)21(2,22-20(24)26)18-8-7-16-5-3-4-6-17(16)13-18/h3-8,13,15H,9-12,14H2,1-2H3,(H,22,26)/p+1/t21-/m0/s1. The highest BCUT2D eigenvalue weighted by atomic mass is 16.2. The van der Waals surface area contributed by atoms with E-state index >= 15 is 0 Å². The molecule has 0 saturated carbocycles. The zero-order chi connectivity index (χ0) is 18.3. The fourth-order valence-corrected chi connectivity index (χ4v) is 4.09. The molecule has 2 aromatic rings. The first-order valence-electron chi connectivity index (χ1n) is 9.44. The molecule has 5 nitrogen and oxygen atoms in total.